The van der Waals surface area contributed by atoms with Gasteiger partial charge >= 0.3 is 0 Å². The molecule has 18 heavy (non-hydrogen) atoms. The molecule has 0 aliphatic carbocycles. The Bertz CT molecular complexity index is 488. The number of aliphatic hydroxyl groups is 1. The number of benzene rings is 1. The van der Waals surface area contributed by atoms with E-state index < -0.39 is 5.82 Å². The first-order chi connectivity index (χ1) is 8.60. The summed E-state index contributed by atoms with van der Waals surface area (Å²) >= 11 is 0. The van der Waals surface area contributed by atoms with E-state index in [9.17, 15) is 9.18 Å². The monoisotopic (exact) mass is 249 g/mol. The lowest BCUT2D eigenvalue weighted by molar-refractivity contribution is 0.0798. The number of carbonyl (C=O) groups is 1. The number of hydrogen-bond acceptors (Lipinski definition) is 2. The van der Waals surface area contributed by atoms with E-state index in [1.54, 1.807) is 7.05 Å². The molecule has 0 heterocycles. The number of amides is 1. The third-order valence-corrected chi connectivity index (χ3v) is 2.49. The highest BCUT2D eigenvalue weighted by Gasteiger charge is 2.15. The number of halogens is 1. The number of hydrogen-bond donors (Lipinski definition) is 1. The molecule has 1 aromatic carbocycles. The van der Waals surface area contributed by atoms with Crippen molar-refractivity contribution in [2.45, 2.75) is 13.3 Å². The van der Waals surface area contributed by atoms with E-state index in [1.807, 2.05) is 6.92 Å². The Balaban J connectivity index is 3.02. The average Bonchev–Trinajstić information content (AvgIpc) is 2.39. The third kappa shape index (κ3) is 3.57. The molecule has 1 aromatic rings. The van der Waals surface area contributed by atoms with Crippen molar-refractivity contribution in [3.63, 3.8) is 0 Å². The molecule has 1 amide bonds. The quantitative estimate of drug-likeness (QED) is 0.827. The van der Waals surface area contributed by atoms with Crippen LogP contribution in [0.2, 0.25) is 0 Å². The number of rotatable bonds is 3. The minimum Gasteiger partial charge on any atom is -0.395 e. The molecular weight excluding hydrogens is 233 g/mol. The average molecular weight is 249 g/mol. The standard InChI is InChI=1S/C14H16FNO2/c1-3-16(2)14(18)12-10-11(6-4-5-9-17)7-8-13(12)15/h7-8,10,17H,3,5,9H2,1-2H3. The summed E-state index contributed by atoms with van der Waals surface area (Å²) in [5.74, 6) is 4.60. The van der Waals surface area contributed by atoms with Crippen molar-refractivity contribution in [1.82, 2.24) is 4.90 Å². The van der Waals surface area contributed by atoms with Crippen LogP contribution in [-0.2, 0) is 0 Å². The zero-order chi connectivity index (χ0) is 13.5. The Kier molecular flexibility index (Phi) is 5.34. The fraction of sp³-hybridized carbons (Fsp3) is 0.357. The molecule has 96 valence electrons. The van der Waals surface area contributed by atoms with Gasteiger partial charge in [-0.3, -0.25) is 4.79 Å². The molecule has 1 N–H and O–H groups in total. The fourth-order valence-electron chi connectivity index (χ4n) is 1.34. The molecule has 0 spiro atoms. The Morgan fingerprint density at radius 1 is 1.50 bits per heavy atom. The first-order valence-electron chi connectivity index (χ1n) is 5.75. The van der Waals surface area contributed by atoms with Crippen LogP contribution in [-0.4, -0.2) is 36.1 Å². The van der Waals surface area contributed by atoms with Crippen LogP contribution in [0.1, 0.15) is 29.3 Å². The highest BCUT2D eigenvalue weighted by Crippen LogP contribution is 2.12. The summed E-state index contributed by atoms with van der Waals surface area (Å²) in [5, 5.41) is 8.61. The SMILES string of the molecule is CCN(C)C(=O)c1cc(C#CCCO)ccc1F. The van der Waals surface area contributed by atoms with E-state index in [4.69, 9.17) is 5.11 Å². The minimum absolute atomic E-state index is 0.0153. The predicted octanol–water partition coefficient (Wildman–Crippen LogP) is 1.65. The Labute approximate surface area is 106 Å². The Morgan fingerprint density at radius 2 is 2.22 bits per heavy atom. The summed E-state index contributed by atoms with van der Waals surface area (Å²) in [6.07, 6.45) is 0.357. The van der Waals surface area contributed by atoms with Gasteiger partial charge in [0.25, 0.3) is 5.91 Å². The maximum absolute atomic E-state index is 13.6. The van der Waals surface area contributed by atoms with Crippen LogP contribution < -0.4 is 0 Å². The summed E-state index contributed by atoms with van der Waals surface area (Å²) in [5.41, 5.74) is 0.591. The first kappa shape index (κ1) is 14.2. The molecule has 0 unspecified atom stereocenters. The fourth-order valence-corrected chi connectivity index (χ4v) is 1.34. The maximum Gasteiger partial charge on any atom is 0.256 e. The van der Waals surface area contributed by atoms with E-state index in [0.717, 1.165) is 0 Å². The van der Waals surface area contributed by atoms with Gasteiger partial charge in [0, 0.05) is 25.6 Å². The van der Waals surface area contributed by atoms with Gasteiger partial charge in [0.1, 0.15) is 5.82 Å². The van der Waals surface area contributed by atoms with Crippen molar-refractivity contribution < 1.29 is 14.3 Å². The molecule has 0 aliphatic heterocycles. The third-order valence-electron chi connectivity index (χ3n) is 2.49. The number of nitrogens with zero attached hydrogens (tertiary/aromatic N) is 1. The van der Waals surface area contributed by atoms with Crippen molar-refractivity contribution in [2.75, 3.05) is 20.2 Å². The van der Waals surface area contributed by atoms with Gasteiger partial charge in [-0.05, 0) is 25.1 Å². The lowest BCUT2D eigenvalue weighted by atomic mass is 10.1. The van der Waals surface area contributed by atoms with Crippen molar-refractivity contribution in [3.05, 3.63) is 35.1 Å². The number of carbonyl (C=O) groups excluding carboxylic acids is 1. The van der Waals surface area contributed by atoms with Crippen LogP contribution in [0.4, 0.5) is 4.39 Å². The number of aliphatic hydroxyl groups excluding tert-OH is 1. The highest BCUT2D eigenvalue weighted by molar-refractivity contribution is 5.94. The molecule has 0 radical (unpaired) electrons. The Hall–Kier alpha value is -1.86. The molecule has 0 fully saturated rings. The van der Waals surface area contributed by atoms with Crippen LogP contribution in [0.3, 0.4) is 0 Å². The molecule has 0 bridgehead atoms. The van der Waals surface area contributed by atoms with Crippen molar-refractivity contribution >= 4 is 5.91 Å². The van der Waals surface area contributed by atoms with Gasteiger partial charge in [0.15, 0.2) is 0 Å². The minimum atomic E-state index is -0.548. The second kappa shape index (κ2) is 6.77. The van der Waals surface area contributed by atoms with Gasteiger partial charge in [-0.25, -0.2) is 4.39 Å². The topological polar surface area (TPSA) is 40.5 Å². The van der Waals surface area contributed by atoms with Gasteiger partial charge < -0.3 is 10.0 Å². The second-order valence-corrected chi connectivity index (χ2v) is 3.79. The van der Waals surface area contributed by atoms with Crippen LogP contribution in [0.5, 0.6) is 0 Å². The summed E-state index contributed by atoms with van der Waals surface area (Å²) in [6, 6.07) is 4.19. The lowest BCUT2D eigenvalue weighted by Gasteiger charge is -2.14. The van der Waals surface area contributed by atoms with Gasteiger partial charge in [0.05, 0.1) is 12.2 Å². The van der Waals surface area contributed by atoms with Crippen molar-refractivity contribution in [1.29, 1.82) is 0 Å². The molecule has 4 heteroatoms. The van der Waals surface area contributed by atoms with Gasteiger partial charge in [0.2, 0.25) is 0 Å². The molecule has 0 aliphatic rings. The first-order valence-corrected chi connectivity index (χ1v) is 5.75. The van der Waals surface area contributed by atoms with E-state index in [1.165, 1.54) is 23.1 Å². The molecule has 0 atom stereocenters. The molecule has 1 rings (SSSR count). The van der Waals surface area contributed by atoms with E-state index in [2.05, 4.69) is 11.8 Å². The molecule has 0 aromatic heterocycles. The molecule has 3 nitrogen and oxygen atoms in total. The zero-order valence-electron chi connectivity index (χ0n) is 10.5. The van der Waals surface area contributed by atoms with Crippen molar-refractivity contribution in [2.24, 2.45) is 0 Å². The largest absolute Gasteiger partial charge is 0.395 e. The van der Waals surface area contributed by atoms with E-state index in [-0.39, 0.29) is 18.1 Å². The van der Waals surface area contributed by atoms with Gasteiger partial charge in [-0.2, -0.15) is 0 Å². The normalized spacial score (nSPS) is 9.56. The van der Waals surface area contributed by atoms with Crippen LogP contribution in [0.15, 0.2) is 18.2 Å². The van der Waals surface area contributed by atoms with Gasteiger partial charge in [-0.15, -0.1) is 0 Å². The lowest BCUT2D eigenvalue weighted by Crippen LogP contribution is -2.27. The van der Waals surface area contributed by atoms with Crippen LogP contribution in [0, 0.1) is 17.7 Å². The molecule has 0 saturated heterocycles. The van der Waals surface area contributed by atoms with E-state index in [0.29, 0.717) is 18.5 Å². The van der Waals surface area contributed by atoms with Gasteiger partial charge in [-0.1, -0.05) is 11.8 Å². The Morgan fingerprint density at radius 3 is 2.83 bits per heavy atom. The van der Waals surface area contributed by atoms with Crippen LogP contribution in [0.25, 0.3) is 0 Å². The molecule has 0 saturated carbocycles. The second-order valence-electron chi connectivity index (χ2n) is 3.79. The zero-order valence-corrected chi connectivity index (χ0v) is 10.5. The summed E-state index contributed by atoms with van der Waals surface area (Å²) < 4.78 is 13.6. The maximum atomic E-state index is 13.6. The summed E-state index contributed by atoms with van der Waals surface area (Å²) in [4.78, 5) is 13.3. The van der Waals surface area contributed by atoms with E-state index >= 15 is 0 Å². The summed E-state index contributed by atoms with van der Waals surface area (Å²) in [7, 11) is 1.62. The highest BCUT2D eigenvalue weighted by atomic mass is 19.1. The smallest absolute Gasteiger partial charge is 0.256 e. The molecular formula is C14H16FNO2. The predicted molar refractivity (Wildman–Crippen MR) is 67.6 cm³/mol. The van der Waals surface area contributed by atoms with Crippen molar-refractivity contribution in [3.8, 4) is 11.8 Å². The summed E-state index contributed by atoms with van der Waals surface area (Å²) in [6.45, 7) is 2.32. The van der Waals surface area contributed by atoms with Crippen LogP contribution >= 0.6 is 0 Å².